The molecule has 1 aliphatic rings. The fourth-order valence-corrected chi connectivity index (χ4v) is 3.11. The van der Waals surface area contributed by atoms with E-state index in [1.54, 1.807) is 12.3 Å². The van der Waals surface area contributed by atoms with Gasteiger partial charge in [0.15, 0.2) is 0 Å². The number of nitrogens with zero attached hydrogens (tertiary/aromatic N) is 2. The number of pyridine rings is 1. The van der Waals surface area contributed by atoms with Gasteiger partial charge < -0.3 is 9.64 Å². The van der Waals surface area contributed by atoms with E-state index in [9.17, 15) is 4.79 Å². The van der Waals surface area contributed by atoms with E-state index in [0.29, 0.717) is 23.3 Å². The molecule has 4 heteroatoms. The van der Waals surface area contributed by atoms with Crippen LogP contribution in [0, 0.1) is 11.8 Å². The molecule has 0 N–H and O–H groups in total. The van der Waals surface area contributed by atoms with Crippen LogP contribution >= 0.6 is 0 Å². The molecule has 1 aliphatic heterocycles. The van der Waals surface area contributed by atoms with Gasteiger partial charge >= 0.3 is 0 Å². The number of hydrogen-bond acceptors (Lipinski definition) is 3. The molecule has 0 spiro atoms. The maximum absolute atomic E-state index is 12.6. The summed E-state index contributed by atoms with van der Waals surface area (Å²) in [5.74, 6) is 1.99. The van der Waals surface area contributed by atoms with Crippen molar-refractivity contribution in [3.63, 3.8) is 0 Å². The molecule has 22 heavy (non-hydrogen) atoms. The minimum atomic E-state index is 0.0907. The minimum absolute atomic E-state index is 0.0907. The molecule has 1 aromatic rings. The summed E-state index contributed by atoms with van der Waals surface area (Å²) in [6.07, 6.45) is 5.26. The first-order chi connectivity index (χ1) is 10.5. The van der Waals surface area contributed by atoms with Crippen molar-refractivity contribution < 1.29 is 9.53 Å². The number of amides is 1. The molecule has 1 saturated heterocycles. The Labute approximate surface area is 133 Å². The van der Waals surface area contributed by atoms with Gasteiger partial charge in [-0.1, -0.05) is 13.8 Å². The number of hydrogen-bond donors (Lipinski definition) is 0. The molecule has 0 aliphatic carbocycles. The highest BCUT2D eigenvalue weighted by Gasteiger charge is 2.25. The van der Waals surface area contributed by atoms with Gasteiger partial charge in [0.2, 0.25) is 5.88 Å². The first-order valence-electron chi connectivity index (χ1n) is 8.37. The normalized spacial score (nSPS) is 18.8. The van der Waals surface area contributed by atoms with Crippen LogP contribution in [0.3, 0.4) is 0 Å². The molecule has 4 nitrogen and oxygen atoms in total. The molecule has 2 heterocycles. The van der Waals surface area contributed by atoms with Gasteiger partial charge in [-0.2, -0.15) is 0 Å². The monoisotopic (exact) mass is 304 g/mol. The van der Waals surface area contributed by atoms with Crippen molar-refractivity contribution in [1.29, 1.82) is 0 Å². The molecular weight excluding hydrogens is 276 g/mol. The first-order valence-corrected chi connectivity index (χ1v) is 8.37. The zero-order valence-electron chi connectivity index (χ0n) is 14.2. The fourth-order valence-electron chi connectivity index (χ4n) is 3.11. The highest BCUT2D eigenvalue weighted by atomic mass is 16.5. The van der Waals surface area contributed by atoms with E-state index >= 15 is 0 Å². The third kappa shape index (κ3) is 4.72. The number of carbonyl (C=O) groups is 1. The quantitative estimate of drug-likeness (QED) is 0.831. The summed E-state index contributed by atoms with van der Waals surface area (Å²) < 4.78 is 5.52. The molecule has 2 rings (SSSR count). The Balaban J connectivity index is 1.98. The van der Waals surface area contributed by atoms with E-state index in [0.717, 1.165) is 19.5 Å². The summed E-state index contributed by atoms with van der Waals surface area (Å²) in [6, 6.07) is 3.60. The zero-order chi connectivity index (χ0) is 16.1. The van der Waals surface area contributed by atoms with E-state index in [1.165, 1.54) is 12.8 Å². The highest BCUT2D eigenvalue weighted by molar-refractivity contribution is 5.94. The van der Waals surface area contributed by atoms with Crippen LogP contribution in [0.5, 0.6) is 5.88 Å². The Hall–Kier alpha value is -1.58. The molecule has 1 unspecified atom stereocenters. The van der Waals surface area contributed by atoms with Crippen LogP contribution in [0.25, 0.3) is 0 Å². The van der Waals surface area contributed by atoms with Crippen molar-refractivity contribution >= 4 is 5.91 Å². The van der Waals surface area contributed by atoms with Crippen LogP contribution in [0.15, 0.2) is 18.3 Å². The molecule has 0 aromatic carbocycles. The maximum Gasteiger partial charge on any atom is 0.255 e. The molecule has 1 amide bonds. The Bertz CT molecular complexity index is 482. The number of piperidine rings is 1. The third-order valence-corrected chi connectivity index (χ3v) is 3.95. The number of ether oxygens (including phenoxy) is 1. The number of aromatic nitrogens is 1. The second-order valence-electron chi connectivity index (χ2n) is 6.94. The lowest BCUT2D eigenvalue weighted by molar-refractivity contribution is 0.0659. The summed E-state index contributed by atoms with van der Waals surface area (Å²) in [4.78, 5) is 18.8. The first kappa shape index (κ1) is 16.8. The van der Waals surface area contributed by atoms with Crippen molar-refractivity contribution in [3.05, 3.63) is 23.9 Å². The van der Waals surface area contributed by atoms with E-state index in [2.05, 4.69) is 18.8 Å². The molecule has 1 fully saturated rings. The van der Waals surface area contributed by atoms with Crippen LogP contribution in [-0.2, 0) is 0 Å². The molecule has 0 bridgehead atoms. The molecule has 0 radical (unpaired) electrons. The topological polar surface area (TPSA) is 42.4 Å². The minimum Gasteiger partial charge on any atom is -0.475 e. The van der Waals surface area contributed by atoms with E-state index in [1.807, 2.05) is 24.8 Å². The van der Waals surface area contributed by atoms with Crippen LogP contribution in [0.2, 0.25) is 0 Å². The van der Waals surface area contributed by atoms with Gasteiger partial charge in [0.25, 0.3) is 5.91 Å². The smallest absolute Gasteiger partial charge is 0.255 e. The molecular formula is C18H28N2O2. The third-order valence-electron chi connectivity index (χ3n) is 3.95. The van der Waals surface area contributed by atoms with E-state index < -0.39 is 0 Å². The van der Waals surface area contributed by atoms with Gasteiger partial charge in [0, 0.05) is 25.4 Å². The maximum atomic E-state index is 12.6. The second kappa shape index (κ2) is 7.61. The van der Waals surface area contributed by atoms with E-state index in [4.69, 9.17) is 4.74 Å². The Morgan fingerprint density at radius 3 is 2.73 bits per heavy atom. The lowest BCUT2D eigenvalue weighted by Gasteiger charge is -2.33. The van der Waals surface area contributed by atoms with Gasteiger partial charge in [0.1, 0.15) is 0 Å². The number of likely N-dealkylation sites (tertiary alicyclic amines) is 1. The summed E-state index contributed by atoms with van der Waals surface area (Å²) in [6.45, 7) is 10.2. The summed E-state index contributed by atoms with van der Waals surface area (Å²) in [5.41, 5.74) is 0.654. The van der Waals surface area contributed by atoms with Crippen LogP contribution in [-0.4, -0.2) is 35.0 Å². The van der Waals surface area contributed by atoms with Crippen molar-refractivity contribution in [2.75, 3.05) is 13.1 Å². The molecule has 1 aromatic heterocycles. The van der Waals surface area contributed by atoms with Gasteiger partial charge in [-0.25, -0.2) is 4.98 Å². The average Bonchev–Trinajstić information content (AvgIpc) is 2.46. The standard InChI is InChI=1S/C18H28N2O2/c1-13(2)10-15-6-5-9-20(12-15)18(21)16-7-8-17(19-11-16)22-14(3)4/h7-8,11,13-15H,5-6,9-10,12H2,1-4H3. The van der Waals surface area contributed by atoms with Crippen molar-refractivity contribution in [2.45, 2.75) is 53.1 Å². The zero-order valence-corrected chi connectivity index (χ0v) is 14.2. The van der Waals surface area contributed by atoms with Crippen LogP contribution < -0.4 is 4.74 Å². The lowest BCUT2D eigenvalue weighted by atomic mass is 9.89. The van der Waals surface area contributed by atoms with Gasteiger partial charge in [-0.15, -0.1) is 0 Å². The largest absolute Gasteiger partial charge is 0.475 e. The summed E-state index contributed by atoms with van der Waals surface area (Å²) in [5, 5.41) is 0. The van der Waals surface area contributed by atoms with Gasteiger partial charge in [0.05, 0.1) is 11.7 Å². The predicted molar refractivity (Wildman–Crippen MR) is 88.1 cm³/mol. The van der Waals surface area contributed by atoms with Crippen molar-refractivity contribution in [3.8, 4) is 5.88 Å². The van der Waals surface area contributed by atoms with Crippen molar-refractivity contribution in [1.82, 2.24) is 9.88 Å². The molecule has 122 valence electrons. The van der Waals surface area contributed by atoms with Crippen LogP contribution in [0.1, 0.15) is 57.3 Å². The predicted octanol–water partition coefficient (Wildman–Crippen LogP) is 3.77. The SMILES string of the molecule is CC(C)CC1CCCN(C(=O)c2ccc(OC(C)C)nc2)C1. The number of rotatable bonds is 5. The highest BCUT2D eigenvalue weighted by Crippen LogP contribution is 2.24. The fraction of sp³-hybridized carbons (Fsp3) is 0.667. The Morgan fingerprint density at radius 2 is 2.14 bits per heavy atom. The van der Waals surface area contributed by atoms with Gasteiger partial charge in [-0.05, 0) is 51.0 Å². The number of carbonyl (C=O) groups excluding carboxylic acids is 1. The van der Waals surface area contributed by atoms with Crippen LogP contribution in [0.4, 0.5) is 0 Å². The van der Waals surface area contributed by atoms with Crippen molar-refractivity contribution in [2.24, 2.45) is 11.8 Å². The lowest BCUT2D eigenvalue weighted by Crippen LogP contribution is -2.40. The summed E-state index contributed by atoms with van der Waals surface area (Å²) >= 11 is 0. The molecule has 0 saturated carbocycles. The molecule has 1 atom stereocenters. The average molecular weight is 304 g/mol. The van der Waals surface area contributed by atoms with E-state index in [-0.39, 0.29) is 12.0 Å². The van der Waals surface area contributed by atoms with Gasteiger partial charge in [-0.3, -0.25) is 4.79 Å². The second-order valence-corrected chi connectivity index (χ2v) is 6.94. The Kier molecular flexibility index (Phi) is 5.81. The summed E-state index contributed by atoms with van der Waals surface area (Å²) in [7, 11) is 0. The Morgan fingerprint density at radius 1 is 1.36 bits per heavy atom.